The molecule has 0 radical (unpaired) electrons. The van der Waals surface area contributed by atoms with E-state index in [9.17, 15) is 4.79 Å². The molecule has 5 rings (SSSR count). The number of hydrogen-bond acceptors (Lipinski definition) is 7. The zero-order valence-electron chi connectivity index (χ0n) is 16.4. The minimum atomic E-state index is -0.279. The molecule has 0 spiro atoms. The van der Waals surface area contributed by atoms with Gasteiger partial charge in [0.05, 0.1) is 13.2 Å². The molecular formula is C22H21N5O3. The van der Waals surface area contributed by atoms with Gasteiger partial charge < -0.3 is 19.2 Å². The predicted octanol–water partition coefficient (Wildman–Crippen LogP) is 2.88. The van der Waals surface area contributed by atoms with Crippen molar-refractivity contribution >= 4 is 5.91 Å². The molecule has 1 amide bonds. The average Bonchev–Trinajstić information content (AvgIpc) is 3.44. The van der Waals surface area contributed by atoms with E-state index >= 15 is 0 Å². The third kappa shape index (κ3) is 3.42. The molecule has 2 atom stereocenters. The number of amides is 1. The second-order valence-corrected chi connectivity index (χ2v) is 7.26. The number of ether oxygens (including phenoxy) is 1. The second-order valence-electron chi connectivity index (χ2n) is 7.26. The van der Waals surface area contributed by atoms with Crippen LogP contribution in [-0.4, -0.2) is 39.1 Å². The molecule has 8 heteroatoms. The number of carbonyl (C=O) groups excluding carboxylic acids is 1. The largest absolute Gasteiger partial charge is 0.497 e. The Balaban J connectivity index is 1.27. The Hall–Kier alpha value is -3.65. The highest BCUT2D eigenvalue weighted by Gasteiger charge is 2.40. The van der Waals surface area contributed by atoms with E-state index in [0.717, 1.165) is 16.9 Å². The van der Waals surface area contributed by atoms with E-state index in [1.165, 1.54) is 0 Å². The van der Waals surface area contributed by atoms with E-state index in [2.05, 4.69) is 15.6 Å². The molecule has 30 heavy (non-hydrogen) atoms. The number of aromatic nitrogens is 2. The highest BCUT2D eigenvalue weighted by atomic mass is 16.5. The molecule has 2 aromatic carbocycles. The number of nitrogens with zero attached hydrogens (tertiary/aromatic N) is 4. The van der Waals surface area contributed by atoms with Crippen LogP contribution in [0.2, 0.25) is 0 Å². The summed E-state index contributed by atoms with van der Waals surface area (Å²) in [7, 11) is 1.65. The zero-order valence-corrected chi connectivity index (χ0v) is 16.4. The summed E-state index contributed by atoms with van der Waals surface area (Å²) in [6.07, 6.45) is 4.30. The molecule has 2 unspecified atom stereocenters. The van der Waals surface area contributed by atoms with Gasteiger partial charge in [-0.15, -0.1) is 0 Å². The number of hydrogen-bond donors (Lipinski definition) is 1. The lowest BCUT2D eigenvalue weighted by molar-refractivity contribution is -0.135. The fourth-order valence-corrected chi connectivity index (χ4v) is 3.79. The quantitative estimate of drug-likeness (QED) is 0.701. The highest BCUT2D eigenvalue weighted by molar-refractivity contribution is 5.84. The van der Waals surface area contributed by atoms with E-state index in [4.69, 9.17) is 9.26 Å². The maximum atomic E-state index is 13.0. The Labute approximate surface area is 173 Å². The average molecular weight is 403 g/mol. The second kappa shape index (κ2) is 7.64. The summed E-state index contributed by atoms with van der Waals surface area (Å²) < 4.78 is 10.6. The smallest absolute Gasteiger partial charge is 0.251 e. The van der Waals surface area contributed by atoms with Crippen LogP contribution in [-0.2, 0) is 11.3 Å². The molecule has 3 aromatic rings. The molecule has 2 aliphatic heterocycles. The summed E-state index contributed by atoms with van der Waals surface area (Å²) in [6.45, 7) is 0.243. The molecule has 1 fully saturated rings. The lowest BCUT2D eigenvalue weighted by atomic mass is 10.0. The Morgan fingerprint density at radius 1 is 1.13 bits per heavy atom. The van der Waals surface area contributed by atoms with Gasteiger partial charge in [0.2, 0.25) is 11.7 Å². The van der Waals surface area contributed by atoms with Gasteiger partial charge in [-0.1, -0.05) is 47.6 Å². The molecular weight excluding hydrogens is 382 g/mol. The van der Waals surface area contributed by atoms with Crippen molar-refractivity contribution in [1.82, 2.24) is 25.5 Å². The first kappa shape index (κ1) is 18.4. The minimum Gasteiger partial charge on any atom is -0.497 e. The van der Waals surface area contributed by atoms with Gasteiger partial charge in [0, 0.05) is 18.0 Å². The Bertz CT molecular complexity index is 1060. The Morgan fingerprint density at radius 3 is 2.70 bits per heavy atom. The van der Waals surface area contributed by atoms with Crippen molar-refractivity contribution < 1.29 is 14.1 Å². The predicted molar refractivity (Wildman–Crippen MR) is 109 cm³/mol. The molecule has 2 aliphatic rings. The molecule has 0 aliphatic carbocycles. The number of rotatable bonds is 5. The third-order valence-electron chi connectivity index (χ3n) is 5.40. The van der Waals surface area contributed by atoms with E-state index in [0.29, 0.717) is 18.1 Å². The normalized spacial score (nSPS) is 20.5. The molecule has 0 bridgehead atoms. The van der Waals surface area contributed by atoms with Gasteiger partial charge in [-0.2, -0.15) is 4.98 Å². The van der Waals surface area contributed by atoms with Gasteiger partial charge in [0.25, 0.3) is 5.91 Å². The van der Waals surface area contributed by atoms with Crippen molar-refractivity contribution in [3.8, 4) is 17.1 Å². The first-order valence-corrected chi connectivity index (χ1v) is 9.76. The summed E-state index contributed by atoms with van der Waals surface area (Å²) in [5.41, 5.74) is 5.38. The highest BCUT2D eigenvalue weighted by Crippen LogP contribution is 2.32. The number of nitrogens with one attached hydrogen (secondary N) is 1. The minimum absolute atomic E-state index is 0.000438. The maximum Gasteiger partial charge on any atom is 0.251 e. The van der Waals surface area contributed by atoms with Crippen LogP contribution in [0, 0.1) is 0 Å². The van der Waals surface area contributed by atoms with Crippen molar-refractivity contribution in [2.75, 3.05) is 7.11 Å². The number of benzene rings is 2. The van der Waals surface area contributed by atoms with Crippen LogP contribution in [0.3, 0.4) is 0 Å². The van der Waals surface area contributed by atoms with Crippen LogP contribution in [0.15, 0.2) is 71.5 Å². The molecule has 1 saturated heterocycles. The molecule has 0 saturated carbocycles. The topological polar surface area (TPSA) is 83.7 Å². The first-order chi connectivity index (χ1) is 14.7. The summed E-state index contributed by atoms with van der Waals surface area (Å²) >= 11 is 0. The van der Waals surface area contributed by atoms with E-state index < -0.39 is 0 Å². The summed E-state index contributed by atoms with van der Waals surface area (Å²) in [6, 6.07) is 17.3. The van der Waals surface area contributed by atoms with Crippen molar-refractivity contribution in [2.24, 2.45) is 0 Å². The van der Waals surface area contributed by atoms with Crippen molar-refractivity contribution in [1.29, 1.82) is 0 Å². The van der Waals surface area contributed by atoms with Crippen LogP contribution < -0.4 is 10.2 Å². The van der Waals surface area contributed by atoms with Gasteiger partial charge in [0.1, 0.15) is 18.3 Å². The van der Waals surface area contributed by atoms with E-state index in [-0.39, 0.29) is 24.5 Å². The van der Waals surface area contributed by atoms with Crippen molar-refractivity contribution in [3.05, 3.63) is 78.5 Å². The van der Waals surface area contributed by atoms with E-state index in [1.807, 2.05) is 65.8 Å². The fraction of sp³-hybridized carbons (Fsp3) is 0.227. The van der Waals surface area contributed by atoms with E-state index in [1.54, 1.807) is 18.2 Å². The number of hydrazine groups is 1. The Morgan fingerprint density at radius 2 is 1.93 bits per heavy atom. The summed E-state index contributed by atoms with van der Waals surface area (Å²) in [4.78, 5) is 19.1. The van der Waals surface area contributed by atoms with Crippen molar-refractivity contribution in [2.45, 2.75) is 25.0 Å². The first-order valence-electron chi connectivity index (χ1n) is 9.76. The number of fused-ring (bicyclic) bond motifs is 1. The lowest BCUT2D eigenvalue weighted by Crippen LogP contribution is -2.47. The fourth-order valence-electron chi connectivity index (χ4n) is 3.79. The monoisotopic (exact) mass is 403 g/mol. The molecule has 152 valence electrons. The summed E-state index contributed by atoms with van der Waals surface area (Å²) in [5.74, 6) is 1.73. The van der Waals surface area contributed by atoms with Gasteiger partial charge in [-0.05, 0) is 24.1 Å². The van der Waals surface area contributed by atoms with Crippen molar-refractivity contribution in [3.63, 3.8) is 0 Å². The molecule has 3 heterocycles. The van der Waals surface area contributed by atoms with Crippen LogP contribution in [0.25, 0.3) is 11.4 Å². The van der Waals surface area contributed by atoms with Crippen LogP contribution in [0.1, 0.15) is 23.9 Å². The molecule has 8 nitrogen and oxygen atoms in total. The maximum absolute atomic E-state index is 13.0. The molecule has 1 aromatic heterocycles. The third-order valence-corrected chi connectivity index (χ3v) is 5.40. The lowest BCUT2D eigenvalue weighted by Gasteiger charge is -2.30. The summed E-state index contributed by atoms with van der Waals surface area (Å²) in [5, 5.41) is 5.90. The van der Waals surface area contributed by atoms with Crippen LogP contribution in [0.5, 0.6) is 5.75 Å². The SMILES string of the molecule is COc1ccc(C2CC3C(=O)N(Cc4nc(-c5ccccc5)no4)C=CN3N2)cc1. The standard InChI is InChI=1S/C22H21N5O3/c1-29-17-9-7-15(8-10-17)18-13-19-22(28)26(11-12-27(19)24-18)14-20-23-21(25-30-20)16-5-3-2-4-6-16/h2-12,18-19,24H,13-14H2,1H3. The van der Waals surface area contributed by atoms with Gasteiger partial charge in [0.15, 0.2) is 0 Å². The zero-order chi connectivity index (χ0) is 20.5. The number of methoxy groups -OCH3 is 1. The van der Waals surface area contributed by atoms with Crippen LogP contribution >= 0.6 is 0 Å². The van der Waals surface area contributed by atoms with Gasteiger partial charge >= 0.3 is 0 Å². The van der Waals surface area contributed by atoms with Gasteiger partial charge in [-0.3, -0.25) is 4.79 Å². The van der Waals surface area contributed by atoms with Crippen LogP contribution in [0.4, 0.5) is 0 Å². The van der Waals surface area contributed by atoms with Gasteiger partial charge in [-0.25, -0.2) is 5.43 Å². The Kier molecular flexibility index (Phi) is 4.68. The molecule has 1 N–H and O–H groups in total. The number of carbonyl (C=O) groups is 1.